The molecule has 2 aromatic heterocycles. The molecule has 8 aromatic rings. The van der Waals surface area contributed by atoms with Gasteiger partial charge in [0.05, 0.1) is 5.69 Å². The van der Waals surface area contributed by atoms with Crippen LogP contribution in [0.15, 0.2) is 178 Å². The summed E-state index contributed by atoms with van der Waals surface area (Å²) < 4.78 is 12.8. The Balaban J connectivity index is 1.20. The molecule has 6 aromatic carbocycles. The van der Waals surface area contributed by atoms with E-state index in [1.54, 1.807) is 0 Å². The van der Waals surface area contributed by atoms with Crippen molar-refractivity contribution >= 4 is 66.0 Å². The van der Waals surface area contributed by atoms with Crippen LogP contribution in [0.3, 0.4) is 0 Å². The van der Waals surface area contributed by atoms with Gasteiger partial charge in [-0.3, -0.25) is 0 Å². The molecule has 0 spiro atoms. The van der Waals surface area contributed by atoms with Gasteiger partial charge < -0.3 is 13.7 Å². The van der Waals surface area contributed by atoms with Crippen molar-refractivity contribution in [2.45, 2.75) is 6.42 Å². The van der Waals surface area contributed by atoms with Crippen molar-refractivity contribution in [3.8, 4) is 11.1 Å². The van der Waals surface area contributed by atoms with Crippen LogP contribution in [0.4, 0.5) is 11.4 Å². The smallest absolute Gasteiger partial charge is 0.137 e. The van der Waals surface area contributed by atoms with Crippen molar-refractivity contribution in [2.75, 3.05) is 4.90 Å². The van der Waals surface area contributed by atoms with Gasteiger partial charge in [0.25, 0.3) is 0 Å². The standard InChI is InChI=1S/C44H29NO2/c1-2-12-30-26-43-38(24-29(30)11-1)37-25-31(20-23-42(37)47-43)34-15-5-7-17-39(34)45(40-18-9-13-28-10-3-4-14-33(28)40)32-21-22-36-35-16-6-8-19-41(35)46-44(36)27-32/h1-12,14-28H,13H2. The van der Waals surface area contributed by atoms with Gasteiger partial charge in [-0.1, -0.05) is 97.1 Å². The third kappa shape index (κ3) is 4.13. The third-order valence-corrected chi connectivity index (χ3v) is 9.75. The molecular weight excluding hydrogens is 574 g/mol. The predicted molar refractivity (Wildman–Crippen MR) is 195 cm³/mol. The van der Waals surface area contributed by atoms with Crippen molar-refractivity contribution in [1.29, 1.82) is 0 Å². The van der Waals surface area contributed by atoms with Gasteiger partial charge in [0.2, 0.25) is 0 Å². The Morgan fingerprint density at radius 3 is 2.23 bits per heavy atom. The van der Waals surface area contributed by atoms with Crippen molar-refractivity contribution in [1.82, 2.24) is 0 Å². The van der Waals surface area contributed by atoms with Gasteiger partial charge in [-0.2, -0.15) is 0 Å². The molecule has 1 unspecified atom stereocenters. The van der Waals surface area contributed by atoms with E-state index in [-0.39, 0.29) is 0 Å². The van der Waals surface area contributed by atoms with Crippen LogP contribution in [0.5, 0.6) is 0 Å². The molecule has 0 saturated carbocycles. The summed E-state index contributed by atoms with van der Waals surface area (Å²) in [6, 6.07) is 43.1. The third-order valence-electron chi connectivity index (χ3n) is 9.75. The van der Waals surface area contributed by atoms with Crippen LogP contribution >= 0.6 is 0 Å². The van der Waals surface area contributed by atoms with Gasteiger partial charge >= 0.3 is 0 Å². The first kappa shape index (κ1) is 26.2. The SMILES string of the molecule is C1=CC2=C(N(c3ccc4c(c3)oc3ccccc34)c3ccccc3-c3ccc4oc5cc6ccccc6cc5c4c3)C=CCC2C=C1. The minimum Gasteiger partial charge on any atom is -0.456 e. The fourth-order valence-electron chi connectivity index (χ4n) is 7.50. The molecule has 0 bridgehead atoms. The van der Waals surface area contributed by atoms with Gasteiger partial charge in [-0.15, -0.1) is 0 Å². The Kier molecular flexibility index (Phi) is 5.70. The number of nitrogens with zero attached hydrogens (tertiary/aromatic N) is 1. The number of hydrogen-bond donors (Lipinski definition) is 0. The largest absolute Gasteiger partial charge is 0.456 e. The molecule has 3 nitrogen and oxygen atoms in total. The van der Waals surface area contributed by atoms with Crippen molar-refractivity contribution < 1.29 is 8.83 Å². The fourth-order valence-corrected chi connectivity index (χ4v) is 7.50. The van der Waals surface area contributed by atoms with E-state index in [1.165, 1.54) is 22.0 Å². The lowest BCUT2D eigenvalue weighted by molar-refractivity contribution is 0.668. The Bertz CT molecular complexity index is 2680. The van der Waals surface area contributed by atoms with Gasteiger partial charge in [0.1, 0.15) is 22.3 Å². The topological polar surface area (TPSA) is 29.5 Å². The molecule has 222 valence electrons. The van der Waals surface area contributed by atoms with E-state index in [9.17, 15) is 0 Å². The lowest BCUT2D eigenvalue weighted by Crippen LogP contribution is -2.22. The summed E-state index contributed by atoms with van der Waals surface area (Å²) in [4.78, 5) is 2.41. The maximum atomic E-state index is 6.40. The Morgan fingerprint density at radius 2 is 1.30 bits per heavy atom. The van der Waals surface area contributed by atoms with Crippen LogP contribution in [-0.2, 0) is 0 Å². The maximum absolute atomic E-state index is 6.40. The van der Waals surface area contributed by atoms with Gasteiger partial charge in [0, 0.05) is 50.5 Å². The number of rotatable bonds is 4. The summed E-state index contributed by atoms with van der Waals surface area (Å²) in [6.45, 7) is 0. The zero-order valence-corrected chi connectivity index (χ0v) is 25.6. The molecule has 1 atom stereocenters. The number of anilines is 2. The second-order valence-electron chi connectivity index (χ2n) is 12.5. The quantitative estimate of drug-likeness (QED) is 0.200. The number of allylic oxidation sites excluding steroid dienone is 7. The molecule has 0 amide bonds. The number of furan rings is 2. The van der Waals surface area contributed by atoms with Gasteiger partial charge in [-0.05, 0) is 82.9 Å². The van der Waals surface area contributed by atoms with E-state index in [0.29, 0.717) is 5.92 Å². The van der Waals surface area contributed by atoms with E-state index >= 15 is 0 Å². The van der Waals surface area contributed by atoms with Crippen LogP contribution in [0.25, 0.3) is 65.8 Å². The summed E-state index contributed by atoms with van der Waals surface area (Å²) >= 11 is 0. The van der Waals surface area contributed by atoms with Gasteiger partial charge in [0.15, 0.2) is 0 Å². The van der Waals surface area contributed by atoms with Crippen LogP contribution in [-0.4, -0.2) is 0 Å². The minimum absolute atomic E-state index is 0.341. The highest BCUT2D eigenvalue weighted by molar-refractivity contribution is 6.11. The van der Waals surface area contributed by atoms with E-state index < -0.39 is 0 Å². The number of para-hydroxylation sites is 2. The highest BCUT2D eigenvalue weighted by Crippen LogP contribution is 2.45. The van der Waals surface area contributed by atoms with Crippen LogP contribution in [0.2, 0.25) is 0 Å². The Hall–Kier alpha value is -6.06. The van der Waals surface area contributed by atoms with E-state index in [1.807, 2.05) is 12.1 Å². The molecule has 0 radical (unpaired) electrons. The molecule has 0 aliphatic heterocycles. The predicted octanol–water partition coefficient (Wildman–Crippen LogP) is 12.4. The van der Waals surface area contributed by atoms with Gasteiger partial charge in [-0.25, -0.2) is 0 Å². The molecule has 0 N–H and O–H groups in total. The summed E-state index contributed by atoms with van der Waals surface area (Å²) in [7, 11) is 0. The molecular formula is C44H29NO2. The van der Waals surface area contributed by atoms with E-state index in [0.717, 1.165) is 72.8 Å². The molecule has 2 aliphatic carbocycles. The van der Waals surface area contributed by atoms with Crippen LogP contribution in [0.1, 0.15) is 6.42 Å². The number of hydrogen-bond acceptors (Lipinski definition) is 3. The number of fused-ring (bicyclic) bond motifs is 8. The molecule has 0 saturated heterocycles. The average Bonchev–Trinajstić information content (AvgIpc) is 3.68. The monoisotopic (exact) mass is 603 g/mol. The van der Waals surface area contributed by atoms with E-state index in [4.69, 9.17) is 8.83 Å². The second kappa shape index (κ2) is 10.2. The summed E-state index contributed by atoms with van der Waals surface area (Å²) in [5, 5.41) is 6.90. The molecule has 0 fully saturated rings. The first-order chi connectivity index (χ1) is 23.3. The number of benzene rings is 6. The summed E-state index contributed by atoms with van der Waals surface area (Å²) in [5.74, 6) is 0.341. The van der Waals surface area contributed by atoms with Crippen molar-refractivity contribution in [3.63, 3.8) is 0 Å². The highest BCUT2D eigenvalue weighted by atomic mass is 16.3. The molecule has 2 heterocycles. The molecule has 2 aliphatic rings. The highest BCUT2D eigenvalue weighted by Gasteiger charge is 2.26. The fraction of sp³-hybridized carbons (Fsp3) is 0.0455. The lowest BCUT2D eigenvalue weighted by atomic mass is 9.85. The van der Waals surface area contributed by atoms with Crippen LogP contribution in [0, 0.1) is 5.92 Å². The van der Waals surface area contributed by atoms with E-state index in [2.05, 4.69) is 151 Å². The van der Waals surface area contributed by atoms with Crippen LogP contribution < -0.4 is 4.90 Å². The Labute approximate surface area is 271 Å². The average molecular weight is 604 g/mol. The zero-order valence-electron chi connectivity index (χ0n) is 25.6. The normalized spacial score (nSPS) is 15.9. The first-order valence-corrected chi connectivity index (χ1v) is 16.2. The van der Waals surface area contributed by atoms with Crippen molar-refractivity contribution in [3.05, 3.63) is 169 Å². The maximum Gasteiger partial charge on any atom is 0.137 e. The molecule has 47 heavy (non-hydrogen) atoms. The molecule has 3 heteroatoms. The summed E-state index contributed by atoms with van der Waals surface area (Å²) in [6.07, 6.45) is 14.5. The minimum atomic E-state index is 0.341. The summed E-state index contributed by atoms with van der Waals surface area (Å²) in [5.41, 5.74) is 10.5. The lowest BCUT2D eigenvalue weighted by Gasteiger charge is -2.33. The molecule has 10 rings (SSSR count). The zero-order chi connectivity index (χ0) is 30.9. The Morgan fingerprint density at radius 1 is 0.553 bits per heavy atom. The second-order valence-corrected chi connectivity index (χ2v) is 12.5. The first-order valence-electron chi connectivity index (χ1n) is 16.2. The van der Waals surface area contributed by atoms with Crippen molar-refractivity contribution in [2.24, 2.45) is 5.92 Å².